The molecule has 0 radical (unpaired) electrons. The Morgan fingerprint density at radius 1 is 0.408 bits per heavy atom. The molecule has 0 saturated carbocycles. The maximum Gasteiger partial charge on any atom is 0.306 e. The summed E-state index contributed by atoms with van der Waals surface area (Å²) < 4.78 is 34.1. The van der Waals surface area contributed by atoms with Crippen molar-refractivity contribution in [1.29, 1.82) is 0 Å². The summed E-state index contributed by atoms with van der Waals surface area (Å²) in [5, 5.41) is 0. The van der Waals surface area contributed by atoms with E-state index < -0.39 is 32.5 Å². The van der Waals surface area contributed by atoms with E-state index in [4.69, 9.17) is 18.5 Å². The van der Waals surface area contributed by atoms with Gasteiger partial charge in [-0.1, -0.05) is 217 Å². The average Bonchev–Trinajstić information content (AvgIpc) is 3.38. The van der Waals surface area contributed by atoms with Gasteiger partial charge in [-0.3, -0.25) is 14.2 Å². The minimum atomic E-state index is -4.66. The number of carbonyl (C=O) groups excluding carboxylic acids is 2. The number of hydrogen-bond donors (Lipinski definition) is 0. The van der Waals surface area contributed by atoms with Crippen molar-refractivity contribution in [3.8, 4) is 0 Å². The van der Waals surface area contributed by atoms with Crippen LogP contribution in [0.15, 0.2) is 158 Å². The molecule has 0 N–H and O–H groups in total. The molecule has 0 rings (SSSR count). The molecule has 0 spiro atoms. The Morgan fingerprint density at radius 2 is 0.711 bits per heavy atom. The van der Waals surface area contributed by atoms with Crippen molar-refractivity contribution in [1.82, 2.24) is 0 Å². The van der Waals surface area contributed by atoms with Crippen molar-refractivity contribution in [2.75, 3.05) is 47.5 Å². The van der Waals surface area contributed by atoms with Gasteiger partial charge < -0.3 is 27.9 Å². The molecule has 2 atom stereocenters. The number of quaternary nitrogens is 1. The van der Waals surface area contributed by atoms with Crippen LogP contribution < -0.4 is 4.89 Å². The molecule has 0 aromatic carbocycles. The summed E-state index contributed by atoms with van der Waals surface area (Å²) in [7, 11) is 1.12. The third-order valence-corrected chi connectivity index (χ3v) is 12.5. The molecule has 0 saturated heterocycles. The summed E-state index contributed by atoms with van der Waals surface area (Å²) in [6.45, 7) is 3.94. The molecule has 10 heteroatoms. The minimum Gasteiger partial charge on any atom is -0.756 e. The minimum absolute atomic E-state index is 0.0472. The fourth-order valence-corrected chi connectivity index (χ4v) is 7.84. The van der Waals surface area contributed by atoms with Gasteiger partial charge in [-0.2, -0.15) is 0 Å². The number of esters is 2. The number of likely N-dealkylation sites (N-methyl/N-ethyl adjacent to an activating group) is 1. The number of hydrogen-bond acceptors (Lipinski definition) is 8. The van der Waals surface area contributed by atoms with Gasteiger partial charge in [0.25, 0.3) is 7.82 Å². The lowest BCUT2D eigenvalue weighted by Crippen LogP contribution is -2.37. The molecule has 0 aliphatic heterocycles. The van der Waals surface area contributed by atoms with E-state index in [0.717, 1.165) is 154 Å². The second-order valence-corrected chi connectivity index (χ2v) is 21.3. The highest BCUT2D eigenvalue weighted by Crippen LogP contribution is 2.38. The highest BCUT2D eigenvalue weighted by molar-refractivity contribution is 7.45. The number of rotatable bonds is 51. The predicted octanol–water partition coefficient (Wildman–Crippen LogP) is 17.8. The third-order valence-electron chi connectivity index (χ3n) is 11.5. The second kappa shape index (κ2) is 55.4. The highest BCUT2D eigenvalue weighted by Gasteiger charge is 2.21. The number of nitrogens with zero attached hydrogens (tertiary/aromatic N) is 1. The number of phosphoric ester groups is 1. The lowest BCUT2D eigenvalue weighted by molar-refractivity contribution is -0.870. The van der Waals surface area contributed by atoms with Gasteiger partial charge in [-0.05, 0) is 122 Å². The molecule has 428 valence electrons. The van der Waals surface area contributed by atoms with Crippen molar-refractivity contribution in [3.63, 3.8) is 0 Å². The Labute approximate surface area is 465 Å². The lowest BCUT2D eigenvalue weighted by atomic mass is 10.1. The van der Waals surface area contributed by atoms with Gasteiger partial charge in [0.05, 0.1) is 27.7 Å². The SMILES string of the molecule is CC/C=C\C/C=C\C/C=C\C/C=C\C/C=C\C/C=C\C/C=C\C/C=C\C/C=C\CCCCCCCC(=O)OC(COC(=O)CCCCCCCC/C=C\C/C=C\C/C=C\C/C=C\CC)COP(=O)([O-])OCC[N+](C)(C)C. The Balaban J connectivity index is 4.28. The Bertz CT molecular complexity index is 1840. The van der Waals surface area contributed by atoms with E-state index in [2.05, 4.69) is 172 Å². The third kappa shape index (κ3) is 58.9. The molecule has 0 heterocycles. The van der Waals surface area contributed by atoms with Gasteiger partial charge in [0.15, 0.2) is 6.10 Å². The first-order valence-electron chi connectivity index (χ1n) is 29.2. The molecular weight excluding hydrogens is 966 g/mol. The van der Waals surface area contributed by atoms with E-state index in [0.29, 0.717) is 23.9 Å². The molecule has 0 amide bonds. The van der Waals surface area contributed by atoms with Crippen molar-refractivity contribution in [2.45, 2.75) is 200 Å². The largest absolute Gasteiger partial charge is 0.756 e. The highest BCUT2D eigenvalue weighted by atomic mass is 31.2. The van der Waals surface area contributed by atoms with Crippen LogP contribution in [0.4, 0.5) is 0 Å². The predicted molar refractivity (Wildman–Crippen MR) is 323 cm³/mol. The molecule has 0 aliphatic rings. The first-order valence-corrected chi connectivity index (χ1v) is 30.7. The summed E-state index contributed by atoms with van der Waals surface area (Å²) in [6.07, 6.45) is 82.8. The topological polar surface area (TPSA) is 111 Å². The standard InChI is InChI=1S/C66H106NO8P/c1-6-8-10-12-14-16-18-20-22-24-26-27-28-29-30-31-32-33-34-35-36-37-38-39-41-43-45-47-49-51-53-55-57-59-66(69)75-64(63-74-76(70,71)73-61-60-67(3,4)5)62-72-65(68)58-56-54-52-50-48-46-44-42-40-25-23-21-19-17-15-13-11-9-7-2/h8-11,14-17,20-23,26-27,29-30,32-33,35-36,38-40,42-43,45,64H,6-7,12-13,18-19,24-25,28,31,34,37,41,44,46-63H2,1-5H3/b10-8-,11-9-,16-14-,17-15-,22-20-,23-21-,27-26-,30-29-,33-32-,36-35-,39-38-,42-40-,45-43-. The maximum atomic E-state index is 12.8. The Morgan fingerprint density at radius 3 is 1.05 bits per heavy atom. The van der Waals surface area contributed by atoms with Crippen LogP contribution >= 0.6 is 7.82 Å². The summed E-state index contributed by atoms with van der Waals surface area (Å²) in [4.78, 5) is 37.9. The zero-order chi connectivity index (χ0) is 55.6. The van der Waals surface area contributed by atoms with Gasteiger partial charge in [0.1, 0.15) is 19.8 Å². The van der Waals surface area contributed by atoms with Crippen LogP contribution in [0.2, 0.25) is 0 Å². The zero-order valence-electron chi connectivity index (χ0n) is 48.4. The first kappa shape index (κ1) is 71.6. The number of allylic oxidation sites excluding steroid dienone is 26. The van der Waals surface area contributed by atoms with E-state index in [9.17, 15) is 19.0 Å². The van der Waals surface area contributed by atoms with Crippen molar-refractivity contribution < 1.29 is 42.1 Å². The molecule has 0 aromatic rings. The summed E-state index contributed by atoms with van der Waals surface area (Å²) in [6, 6.07) is 0. The molecule has 0 fully saturated rings. The second-order valence-electron chi connectivity index (χ2n) is 19.9. The molecule has 0 aromatic heterocycles. The zero-order valence-corrected chi connectivity index (χ0v) is 49.3. The Hall–Kier alpha value is -4.37. The van der Waals surface area contributed by atoms with Crippen molar-refractivity contribution in [3.05, 3.63) is 158 Å². The number of phosphoric acid groups is 1. The van der Waals surface area contributed by atoms with Gasteiger partial charge in [0, 0.05) is 12.8 Å². The van der Waals surface area contributed by atoms with Crippen LogP contribution in [0.25, 0.3) is 0 Å². The molecule has 76 heavy (non-hydrogen) atoms. The van der Waals surface area contributed by atoms with Crippen LogP contribution in [0, 0.1) is 0 Å². The van der Waals surface area contributed by atoms with Crippen LogP contribution in [0.3, 0.4) is 0 Å². The van der Waals surface area contributed by atoms with Gasteiger partial charge in [-0.25, -0.2) is 0 Å². The van der Waals surface area contributed by atoms with E-state index in [1.165, 1.54) is 0 Å². The van der Waals surface area contributed by atoms with E-state index in [-0.39, 0.29) is 26.1 Å². The maximum absolute atomic E-state index is 12.8. The Kier molecular flexibility index (Phi) is 52.2. The molecular formula is C66H106NO8P. The van der Waals surface area contributed by atoms with Crippen molar-refractivity contribution >= 4 is 19.8 Å². The number of unbranched alkanes of at least 4 members (excludes halogenated alkanes) is 11. The van der Waals surface area contributed by atoms with Gasteiger partial charge in [0.2, 0.25) is 0 Å². The average molecular weight is 1070 g/mol. The van der Waals surface area contributed by atoms with Crippen LogP contribution in [-0.2, 0) is 32.7 Å². The van der Waals surface area contributed by atoms with E-state index in [1.807, 2.05) is 21.1 Å². The first-order chi connectivity index (χ1) is 37.0. The normalized spacial score (nSPS) is 14.4. The summed E-state index contributed by atoms with van der Waals surface area (Å²) >= 11 is 0. The summed E-state index contributed by atoms with van der Waals surface area (Å²) in [5.74, 6) is -0.887. The van der Waals surface area contributed by atoms with Gasteiger partial charge in [-0.15, -0.1) is 0 Å². The molecule has 2 unspecified atom stereocenters. The molecule has 0 bridgehead atoms. The van der Waals surface area contributed by atoms with Crippen LogP contribution in [-0.4, -0.2) is 70.0 Å². The fourth-order valence-electron chi connectivity index (χ4n) is 7.11. The van der Waals surface area contributed by atoms with Crippen LogP contribution in [0.5, 0.6) is 0 Å². The monoisotopic (exact) mass is 1070 g/mol. The van der Waals surface area contributed by atoms with Crippen molar-refractivity contribution in [2.24, 2.45) is 0 Å². The number of carbonyl (C=O) groups is 2. The fraction of sp³-hybridized carbons (Fsp3) is 0.576. The quantitative estimate of drug-likeness (QED) is 0.0195. The lowest BCUT2D eigenvalue weighted by Gasteiger charge is -2.28. The summed E-state index contributed by atoms with van der Waals surface area (Å²) in [5.41, 5.74) is 0. The van der Waals surface area contributed by atoms with Crippen LogP contribution in [0.1, 0.15) is 194 Å². The van der Waals surface area contributed by atoms with E-state index >= 15 is 0 Å². The molecule has 0 aliphatic carbocycles. The number of ether oxygens (including phenoxy) is 2. The van der Waals surface area contributed by atoms with Gasteiger partial charge >= 0.3 is 11.9 Å². The van der Waals surface area contributed by atoms with E-state index in [1.54, 1.807) is 0 Å². The molecule has 9 nitrogen and oxygen atoms in total. The smallest absolute Gasteiger partial charge is 0.306 e.